The normalized spacial score (nSPS) is 39.3. The number of hydrogen-bond acceptors (Lipinski definition) is 3. The quantitative estimate of drug-likeness (QED) is 0.366. The SMILES string of the molecule is CC(=O)OC(C)(C)CCC[C@@H](C)[C@H]1CC[C@H]2C3=CC=C4C[C@@H](O)C=C[C@]4(C)[C@H]3CC[C@]12C. The average molecular weight is 441 g/mol. The summed E-state index contributed by atoms with van der Waals surface area (Å²) in [6.45, 7) is 13.0. The number of allylic oxidation sites excluding steroid dienone is 4. The Balaban J connectivity index is 1.45. The molecule has 3 heteroatoms. The highest BCUT2D eigenvalue weighted by molar-refractivity contribution is 5.66. The lowest BCUT2D eigenvalue weighted by atomic mass is 9.51. The molecule has 0 amide bonds. The van der Waals surface area contributed by atoms with Gasteiger partial charge in [0.25, 0.3) is 0 Å². The van der Waals surface area contributed by atoms with Crippen LogP contribution < -0.4 is 0 Å². The first kappa shape index (κ1) is 23.8. The topological polar surface area (TPSA) is 46.5 Å². The Morgan fingerprint density at radius 2 is 1.97 bits per heavy atom. The Morgan fingerprint density at radius 1 is 1.22 bits per heavy atom. The van der Waals surface area contributed by atoms with E-state index in [1.54, 1.807) is 5.57 Å². The highest BCUT2D eigenvalue weighted by Crippen LogP contribution is 2.65. The Morgan fingerprint density at radius 3 is 2.69 bits per heavy atom. The molecule has 2 saturated carbocycles. The van der Waals surface area contributed by atoms with Crippen LogP contribution in [0.2, 0.25) is 0 Å². The van der Waals surface area contributed by atoms with Gasteiger partial charge in [-0.2, -0.15) is 0 Å². The van der Waals surface area contributed by atoms with Gasteiger partial charge in [-0.3, -0.25) is 4.79 Å². The second-order valence-electron chi connectivity index (χ2n) is 12.3. The van der Waals surface area contributed by atoms with Gasteiger partial charge in [-0.1, -0.05) is 62.6 Å². The third kappa shape index (κ3) is 4.15. The first-order valence-electron chi connectivity index (χ1n) is 12.9. The molecule has 0 unspecified atom stereocenters. The van der Waals surface area contributed by atoms with Gasteiger partial charge in [0, 0.05) is 12.3 Å². The summed E-state index contributed by atoms with van der Waals surface area (Å²) in [5.41, 5.74) is 3.24. The fraction of sp³-hybridized carbons (Fsp3) is 0.759. The van der Waals surface area contributed by atoms with Crippen molar-refractivity contribution in [3.8, 4) is 0 Å². The van der Waals surface area contributed by atoms with Gasteiger partial charge in [0.15, 0.2) is 0 Å². The molecule has 3 nitrogen and oxygen atoms in total. The second-order valence-corrected chi connectivity index (χ2v) is 12.3. The van der Waals surface area contributed by atoms with Gasteiger partial charge in [-0.15, -0.1) is 0 Å². The number of rotatable bonds is 6. The molecule has 4 aliphatic carbocycles. The summed E-state index contributed by atoms with van der Waals surface area (Å²) in [5, 5.41) is 10.1. The largest absolute Gasteiger partial charge is 0.460 e. The van der Waals surface area contributed by atoms with Gasteiger partial charge in [-0.05, 0) is 87.9 Å². The molecular weight excluding hydrogens is 396 g/mol. The van der Waals surface area contributed by atoms with Gasteiger partial charge >= 0.3 is 5.97 Å². The van der Waals surface area contributed by atoms with Crippen molar-refractivity contribution in [2.75, 3.05) is 0 Å². The lowest BCUT2D eigenvalue weighted by Crippen LogP contribution is -2.45. The summed E-state index contributed by atoms with van der Waals surface area (Å²) in [5.74, 6) is 2.59. The smallest absolute Gasteiger partial charge is 0.303 e. The van der Waals surface area contributed by atoms with Crippen LogP contribution in [-0.2, 0) is 9.53 Å². The minimum absolute atomic E-state index is 0.0939. The number of aliphatic hydroxyl groups is 1. The van der Waals surface area contributed by atoms with E-state index in [2.05, 4.69) is 39.0 Å². The van der Waals surface area contributed by atoms with Crippen molar-refractivity contribution < 1.29 is 14.6 Å². The van der Waals surface area contributed by atoms with E-state index in [0.29, 0.717) is 23.2 Å². The van der Waals surface area contributed by atoms with E-state index in [1.165, 1.54) is 44.6 Å². The Bertz CT molecular complexity index is 833. The van der Waals surface area contributed by atoms with Crippen LogP contribution in [0.3, 0.4) is 0 Å². The molecule has 0 aromatic carbocycles. The zero-order valence-corrected chi connectivity index (χ0v) is 21.1. The van der Waals surface area contributed by atoms with E-state index in [9.17, 15) is 9.90 Å². The van der Waals surface area contributed by atoms with Gasteiger partial charge in [0.05, 0.1) is 6.10 Å². The minimum atomic E-state index is -0.362. The zero-order chi connectivity index (χ0) is 23.3. The van der Waals surface area contributed by atoms with Crippen molar-refractivity contribution in [3.63, 3.8) is 0 Å². The molecule has 0 aliphatic heterocycles. The lowest BCUT2D eigenvalue weighted by Gasteiger charge is -2.53. The Kier molecular flexibility index (Phi) is 6.29. The molecule has 0 radical (unpaired) electrons. The molecule has 0 spiro atoms. The maximum atomic E-state index is 11.4. The molecule has 2 fully saturated rings. The van der Waals surface area contributed by atoms with Crippen LogP contribution in [0, 0.1) is 34.5 Å². The minimum Gasteiger partial charge on any atom is -0.460 e. The molecule has 178 valence electrons. The Labute approximate surface area is 195 Å². The highest BCUT2D eigenvalue weighted by Gasteiger charge is 2.56. The van der Waals surface area contributed by atoms with Crippen molar-refractivity contribution >= 4 is 5.97 Å². The molecule has 4 rings (SSSR count). The van der Waals surface area contributed by atoms with Gasteiger partial charge in [0.2, 0.25) is 0 Å². The first-order chi connectivity index (χ1) is 15.0. The van der Waals surface area contributed by atoms with E-state index in [0.717, 1.165) is 25.2 Å². The predicted octanol–water partition coefficient (Wildman–Crippen LogP) is 6.77. The number of ether oxygens (including phenoxy) is 1. The molecule has 0 heterocycles. The number of aliphatic hydroxyl groups excluding tert-OH is 1. The van der Waals surface area contributed by atoms with E-state index >= 15 is 0 Å². The monoisotopic (exact) mass is 440 g/mol. The number of hydrogen-bond donors (Lipinski definition) is 1. The van der Waals surface area contributed by atoms with E-state index in [4.69, 9.17) is 4.74 Å². The van der Waals surface area contributed by atoms with E-state index < -0.39 is 0 Å². The molecule has 4 aliphatic rings. The summed E-state index contributed by atoms with van der Waals surface area (Å²) in [7, 11) is 0. The van der Waals surface area contributed by atoms with Crippen molar-refractivity contribution in [3.05, 3.63) is 35.5 Å². The number of esters is 1. The van der Waals surface area contributed by atoms with Gasteiger partial charge < -0.3 is 9.84 Å². The van der Waals surface area contributed by atoms with Crippen molar-refractivity contribution in [1.82, 2.24) is 0 Å². The summed E-state index contributed by atoms with van der Waals surface area (Å²) >= 11 is 0. The maximum absolute atomic E-state index is 11.4. The summed E-state index contributed by atoms with van der Waals surface area (Å²) in [6.07, 6.45) is 18.1. The van der Waals surface area contributed by atoms with E-state index in [1.807, 2.05) is 19.9 Å². The molecule has 0 saturated heterocycles. The summed E-state index contributed by atoms with van der Waals surface area (Å²) < 4.78 is 5.50. The Hall–Kier alpha value is -1.35. The molecule has 0 bridgehead atoms. The predicted molar refractivity (Wildman–Crippen MR) is 130 cm³/mol. The lowest BCUT2D eigenvalue weighted by molar-refractivity contribution is -0.154. The van der Waals surface area contributed by atoms with Crippen LogP contribution in [0.25, 0.3) is 0 Å². The summed E-state index contributed by atoms with van der Waals surface area (Å²) in [6, 6.07) is 0. The van der Waals surface area contributed by atoms with Crippen LogP contribution in [0.4, 0.5) is 0 Å². The number of carbonyl (C=O) groups excluding carboxylic acids is 1. The molecule has 1 N–H and O–H groups in total. The van der Waals surface area contributed by atoms with Crippen molar-refractivity contribution in [2.24, 2.45) is 34.5 Å². The van der Waals surface area contributed by atoms with Crippen molar-refractivity contribution in [1.29, 1.82) is 0 Å². The zero-order valence-electron chi connectivity index (χ0n) is 21.1. The molecule has 0 aromatic rings. The third-order valence-electron chi connectivity index (χ3n) is 9.72. The standard InChI is InChI=1S/C29H44O3/c1-19(8-7-15-27(3,4)32-20(2)30)24-11-12-25-23-10-9-21-18-22(31)13-16-28(21,5)26(23)14-17-29(24,25)6/h9-10,13,16,19,22,24-26,31H,7-8,11-12,14-15,17-18H2,1-6H3/t19-,22+,24-,25+,26+,28+,29-/m1/s1. The van der Waals surface area contributed by atoms with Crippen molar-refractivity contribution in [2.45, 2.75) is 105 Å². The van der Waals surface area contributed by atoms with Crippen LogP contribution >= 0.6 is 0 Å². The first-order valence-corrected chi connectivity index (χ1v) is 12.9. The van der Waals surface area contributed by atoms with Gasteiger partial charge in [-0.25, -0.2) is 0 Å². The molecule has 32 heavy (non-hydrogen) atoms. The molecule has 7 atom stereocenters. The van der Waals surface area contributed by atoms with Crippen LogP contribution in [0.5, 0.6) is 0 Å². The fourth-order valence-electron chi connectivity index (χ4n) is 8.06. The third-order valence-corrected chi connectivity index (χ3v) is 9.72. The summed E-state index contributed by atoms with van der Waals surface area (Å²) in [4.78, 5) is 11.4. The fourth-order valence-corrected chi connectivity index (χ4v) is 8.06. The second kappa shape index (κ2) is 8.46. The van der Waals surface area contributed by atoms with Crippen LogP contribution in [0.15, 0.2) is 35.5 Å². The molecular formula is C29H44O3. The van der Waals surface area contributed by atoms with Gasteiger partial charge in [0.1, 0.15) is 5.60 Å². The van der Waals surface area contributed by atoms with E-state index in [-0.39, 0.29) is 23.1 Å². The number of fused-ring (bicyclic) bond motifs is 5. The average Bonchev–Trinajstić information content (AvgIpc) is 3.04. The van der Waals surface area contributed by atoms with Crippen LogP contribution in [0.1, 0.15) is 92.9 Å². The maximum Gasteiger partial charge on any atom is 0.303 e. The number of carbonyl (C=O) groups is 1. The van der Waals surface area contributed by atoms with Crippen LogP contribution in [-0.4, -0.2) is 22.8 Å². The molecule has 0 aromatic heterocycles. The highest BCUT2D eigenvalue weighted by atomic mass is 16.6.